The Labute approximate surface area is 187 Å². The second kappa shape index (κ2) is 9.88. The number of nitrogens with one attached hydrogen (secondary N) is 2. The molecule has 0 atom stereocenters. The Kier molecular flexibility index (Phi) is 7.24. The van der Waals surface area contributed by atoms with Gasteiger partial charge in [0, 0.05) is 17.9 Å². The number of benzene rings is 3. The first-order valence-corrected chi connectivity index (χ1v) is 10.4. The second-order valence-electron chi connectivity index (χ2n) is 7.20. The summed E-state index contributed by atoms with van der Waals surface area (Å²) in [6.07, 6.45) is 0. The van der Waals surface area contributed by atoms with Crippen LogP contribution in [0.3, 0.4) is 0 Å². The van der Waals surface area contributed by atoms with Crippen molar-refractivity contribution >= 4 is 40.5 Å². The number of anilines is 2. The van der Waals surface area contributed by atoms with Crippen LogP contribution in [0.15, 0.2) is 54.6 Å². The smallest absolute Gasteiger partial charge is 0.262 e. The molecule has 3 rings (SSSR count). The fourth-order valence-corrected chi connectivity index (χ4v) is 3.69. The number of ether oxygens (including phenoxy) is 1. The van der Waals surface area contributed by atoms with Crippen LogP contribution in [-0.4, -0.2) is 12.5 Å². The summed E-state index contributed by atoms with van der Waals surface area (Å²) in [6.45, 7) is 6.50. The lowest BCUT2D eigenvalue weighted by Crippen LogP contribution is -2.20. The van der Waals surface area contributed by atoms with E-state index in [4.69, 9.17) is 27.9 Å². The number of hydrogen-bond donors (Lipinski definition) is 2. The lowest BCUT2D eigenvalue weighted by Gasteiger charge is -2.14. The van der Waals surface area contributed by atoms with Crippen LogP contribution in [0.25, 0.3) is 0 Å². The van der Waals surface area contributed by atoms with Gasteiger partial charge in [0.15, 0.2) is 12.4 Å². The van der Waals surface area contributed by atoms with Gasteiger partial charge in [-0.05, 0) is 73.4 Å². The van der Waals surface area contributed by atoms with Crippen molar-refractivity contribution in [2.75, 3.05) is 17.2 Å². The van der Waals surface area contributed by atoms with E-state index in [2.05, 4.69) is 30.5 Å². The first kappa shape index (κ1) is 22.0. The minimum absolute atomic E-state index is 0.187. The van der Waals surface area contributed by atoms with Gasteiger partial charge >= 0.3 is 0 Å². The molecule has 0 saturated heterocycles. The first-order valence-electron chi connectivity index (χ1n) is 9.61. The molecule has 4 nitrogen and oxygen atoms in total. The van der Waals surface area contributed by atoms with Gasteiger partial charge in [-0.1, -0.05) is 47.5 Å². The Morgan fingerprint density at radius 3 is 2.37 bits per heavy atom. The zero-order chi connectivity index (χ0) is 21.7. The molecule has 0 bridgehead atoms. The maximum atomic E-state index is 12.2. The predicted octanol–water partition coefficient (Wildman–Crippen LogP) is 6.55. The molecule has 1 amide bonds. The Morgan fingerprint density at radius 1 is 0.967 bits per heavy atom. The van der Waals surface area contributed by atoms with E-state index in [1.807, 2.05) is 43.3 Å². The fraction of sp³-hybridized carbons (Fsp3) is 0.208. The van der Waals surface area contributed by atoms with Crippen LogP contribution in [0.5, 0.6) is 5.75 Å². The molecule has 0 aromatic heterocycles. The summed E-state index contributed by atoms with van der Waals surface area (Å²) in [7, 11) is 0. The van der Waals surface area contributed by atoms with Crippen LogP contribution >= 0.6 is 23.2 Å². The summed E-state index contributed by atoms with van der Waals surface area (Å²) in [6, 6.07) is 17.3. The second-order valence-corrected chi connectivity index (χ2v) is 8.01. The third-order valence-corrected chi connectivity index (χ3v) is 5.36. The molecule has 156 valence electrons. The van der Waals surface area contributed by atoms with Gasteiger partial charge in [0.05, 0.1) is 10.0 Å². The van der Waals surface area contributed by atoms with Crippen molar-refractivity contribution in [3.05, 3.63) is 86.9 Å². The highest BCUT2D eigenvalue weighted by molar-refractivity contribution is 6.37. The highest BCUT2D eigenvalue weighted by Crippen LogP contribution is 2.34. The van der Waals surface area contributed by atoms with Crippen molar-refractivity contribution in [3.8, 4) is 5.75 Å². The average molecular weight is 443 g/mol. The van der Waals surface area contributed by atoms with Crippen LogP contribution in [0.4, 0.5) is 11.4 Å². The largest absolute Gasteiger partial charge is 0.481 e. The van der Waals surface area contributed by atoms with Crippen LogP contribution in [0.2, 0.25) is 10.0 Å². The summed E-state index contributed by atoms with van der Waals surface area (Å²) < 4.78 is 5.59. The highest BCUT2D eigenvalue weighted by Gasteiger charge is 2.13. The van der Waals surface area contributed by atoms with Crippen LogP contribution in [-0.2, 0) is 11.3 Å². The lowest BCUT2D eigenvalue weighted by atomic mass is 10.1. The van der Waals surface area contributed by atoms with Crippen molar-refractivity contribution in [2.45, 2.75) is 27.3 Å². The van der Waals surface area contributed by atoms with Gasteiger partial charge in [0.2, 0.25) is 0 Å². The molecule has 0 aliphatic rings. The number of carbonyl (C=O) groups is 1. The van der Waals surface area contributed by atoms with Gasteiger partial charge < -0.3 is 15.4 Å². The van der Waals surface area contributed by atoms with E-state index < -0.39 is 0 Å². The third-order valence-electron chi connectivity index (χ3n) is 4.80. The van der Waals surface area contributed by atoms with Gasteiger partial charge in [0.1, 0.15) is 0 Å². The summed E-state index contributed by atoms with van der Waals surface area (Å²) in [4.78, 5) is 12.2. The van der Waals surface area contributed by atoms with Gasteiger partial charge in [-0.15, -0.1) is 0 Å². The molecule has 0 aliphatic heterocycles. The lowest BCUT2D eigenvalue weighted by molar-refractivity contribution is -0.118. The van der Waals surface area contributed by atoms with Gasteiger partial charge in [-0.2, -0.15) is 0 Å². The maximum Gasteiger partial charge on any atom is 0.262 e. The number of carbonyl (C=O) groups excluding carboxylic acids is 1. The molecule has 0 aliphatic carbocycles. The number of aryl methyl sites for hydroxylation is 2. The van der Waals surface area contributed by atoms with Crippen LogP contribution in [0.1, 0.15) is 22.3 Å². The molecular weight excluding hydrogens is 419 g/mol. The Hall–Kier alpha value is -2.69. The van der Waals surface area contributed by atoms with E-state index in [0.29, 0.717) is 28.0 Å². The first-order chi connectivity index (χ1) is 14.3. The van der Waals surface area contributed by atoms with E-state index in [1.54, 1.807) is 12.1 Å². The molecule has 0 radical (unpaired) electrons. The van der Waals surface area contributed by atoms with Crippen LogP contribution < -0.4 is 15.4 Å². The number of halogens is 2. The number of amides is 1. The quantitative estimate of drug-likeness (QED) is 0.436. The molecule has 3 aromatic carbocycles. The Morgan fingerprint density at radius 2 is 1.67 bits per heavy atom. The van der Waals surface area contributed by atoms with Gasteiger partial charge in [-0.3, -0.25) is 4.79 Å². The van der Waals surface area contributed by atoms with Crippen molar-refractivity contribution in [1.82, 2.24) is 0 Å². The number of rotatable bonds is 7. The SMILES string of the molecule is Cc1cccc(NC(=O)COc2c(Cl)cc(CNc3cccc(C)c3C)cc2Cl)c1. The van der Waals surface area contributed by atoms with Crippen molar-refractivity contribution in [2.24, 2.45) is 0 Å². The van der Waals surface area contributed by atoms with E-state index in [1.165, 1.54) is 11.1 Å². The molecule has 30 heavy (non-hydrogen) atoms. The summed E-state index contributed by atoms with van der Waals surface area (Å²) >= 11 is 12.7. The maximum absolute atomic E-state index is 12.2. The fourth-order valence-electron chi connectivity index (χ4n) is 3.05. The normalized spacial score (nSPS) is 10.6. The predicted molar refractivity (Wildman–Crippen MR) is 125 cm³/mol. The van der Waals surface area contributed by atoms with E-state index in [-0.39, 0.29) is 12.5 Å². The molecule has 0 saturated carbocycles. The standard InChI is InChI=1S/C24H24Cl2N2O2/c1-15-6-4-8-19(10-15)28-23(29)14-30-24-20(25)11-18(12-21(24)26)13-27-22-9-5-7-16(2)17(22)3/h4-12,27H,13-14H2,1-3H3,(H,28,29). The number of hydrogen-bond acceptors (Lipinski definition) is 3. The Bertz CT molecular complexity index is 1040. The monoisotopic (exact) mass is 442 g/mol. The highest BCUT2D eigenvalue weighted by atomic mass is 35.5. The summed E-state index contributed by atoms with van der Waals surface area (Å²) in [5, 5.41) is 6.92. The zero-order valence-corrected chi connectivity index (χ0v) is 18.7. The van der Waals surface area contributed by atoms with Gasteiger partial charge in [0.25, 0.3) is 5.91 Å². The minimum Gasteiger partial charge on any atom is -0.481 e. The molecule has 0 unspecified atom stereocenters. The van der Waals surface area contributed by atoms with Crippen molar-refractivity contribution < 1.29 is 9.53 Å². The molecule has 0 fully saturated rings. The topological polar surface area (TPSA) is 50.4 Å². The third kappa shape index (κ3) is 5.68. The molecule has 2 N–H and O–H groups in total. The zero-order valence-electron chi connectivity index (χ0n) is 17.2. The van der Waals surface area contributed by atoms with E-state index in [0.717, 1.165) is 16.8 Å². The molecule has 0 heterocycles. The Balaban J connectivity index is 1.61. The van der Waals surface area contributed by atoms with Crippen molar-refractivity contribution in [1.29, 1.82) is 0 Å². The molecule has 6 heteroatoms. The van der Waals surface area contributed by atoms with Crippen LogP contribution in [0, 0.1) is 20.8 Å². The molecule has 0 spiro atoms. The summed E-state index contributed by atoms with van der Waals surface area (Å²) in [5.74, 6) is 0.0154. The van der Waals surface area contributed by atoms with Crippen molar-refractivity contribution in [3.63, 3.8) is 0 Å². The molecule has 3 aromatic rings. The minimum atomic E-state index is -0.284. The van der Waals surface area contributed by atoms with Gasteiger partial charge in [-0.25, -0.2) is 0 Å². The average Bonchev–Trinajstić information content (AvgIpc) is 2.68. The summed E-state index contributed by atoms with van der Waals surface area (Å²) in [5.41, 5.74) is 6.19. The van der Waals surface area contributed by atoms with E-state index in [9.17, 15) is 4.79 Å². The van der Waals surface area contributed by atoms with E-state index >= 15 is 0 Å². The molecular formula is C24H24Cl2N2O2.